The minimum absolute atomic E-state index is 0.177. The maximum absolute atomic E-state index is 9.80. The monoisotopic (exact) mass is 469 g/mol. The summed E-state index contributed by atoms with van der Waals surface area (Å²) in [5.74, 6) is 3.60. The molecule has 0 amide bonds. The van der Waals surface area contributed by atoms with Crippen molar-refractivity contribution in [2.45, 2.75) is 52.5 Å². The van der Waals surface area contributed by atoms with Crippen LogP contribution in [0.4, 0.5) is 11.8 Å². The molecular formula is C25H32ClN5O2. The number of nitrogens with one attached hydrogen (secondary N) is 2. The summed E-state index contributed by atoms with van der Waals surface area (Å²) in [7, 11) is 0. The van der Waals surface area contributed by atoms with Gasteiger partial charge in [0.25, 0.3) is 0 Å². The molecule has 0 aliphatic heterocycles. The number of anilines is 2. The summed E-state index contributed by atoms with van der Waals surface area (Å²) in [6.45, 7) is 7.58. The smallest absolute Gasteiger partial charge is 0.226 e. The molecule has 0 saturated heterocycles. The van der Waals surface area contributed by atoms with Gasteiger partial charge in [-0.05, 0) is 61.5 Å². The minimum Gasteiger partial charge on any atom is -0.454 e. The van der Waals surface area contributed by atoms with Gasteiger partial charge in [0.1, 0.15) is 16.7 Å². The van der Waals surface area contributed by atoms with E-state index in [9.17, 15) is 5.11 Å². The summed E-state index contributed by atoms with van der Waals surface area (Å²) in [6, 6.07) is 4.21. The zero-order valence-corrected chi connectivity index (χ0v) is 20.2. The lowest BCUT2D eigenvalue weighted by Gasteiger charge is -2.22. The molecule has 3 aromatic heterocycles. The number of aliphatic hydroxyl groups is 1. The van der Waals surface area contributed by atoms with Crippen LogP contribution in [0, 0.1) is 23.7 Å². The number of furan rings is 1. The van der Waals surface area contributed by atoms with Crippen molar-refractivity contribution in [1.29, 1.82) is 0 Å². The molecule has 0 radical (unpaired) electrons. The summed E-state index contributed by atoms with van der Waals surface area (Å²) < 4.78 is 6.15. The molecule has 0 bridgehead atoms. The molecule has 33 heavy (non-hydrogen) atoms. The highest BCUT2D eigenvalue weighted by Gasteiger charge is 2.38. The van der Waals surface area contributed by atoms with E-state index >= 15 is 0 Å². The van der Waals surface area contributed by atoms with Gasteiger partial charge in [0.05, 0.1) is 11.8 Å². The number of aliphatic hydroxyl groups excluding tert-OH is 1. The third-order valence-electron chi connectivity index (χ3n) is 7.50. The number of hydrogen-bond acceptors (Lipinski definition) is 7. The van der Waals surface area contributed by atoms with Gasteiger partial charge >= 0.3 is 0 Å². The first-order valence-corrected chi connectivity index (χ1v) is 12.4. The van der Waals surface area contributed by atoms with E-state index in [2.05, 4.69) is 41.4 Å². The number of hydrogen-bond donors (Lipinski definition) is 3. The van der Waals surface area contributed by atoms with E-state index in [1.165, 1.54) is 12.8 Å². The Hall–Kier alpha value is -2.38. The molecular weight excluding hydrogens is 438 g/mol. The third-order valence-corrected chi connectivity index (χ3v) is 7.77. The van der Waals surface area contributed by atoms with Crippen LogP contribution in [0.2, 0.25) is 5.15 Å². The van der Waals surface area contributed by atoms with Gasteiger partial charge in [0, 0.05) is 30.3 Å². The van der Waals surface area contributed by atoms with E-state index in [1.807, 2.05) is 12.1 Å². The Morgan fingerprint density at radius 1 is 1.18 bits per heavy atom. The van der Waals surface area contributed by atoms with Crippen LogP contribution in [0.15, 0.2) is 22.7 Å². The number of aromatic nitrogens is 3. The van der Waals surface area contributed by atoms with Gasteiger partial charge in [0.15, 0.2) is 5.58 Å². The Bertz CT molecular complexity index is 1150. The number of rotatable bonds is 8. The first-order valence-electron chi connectivity index (χ1n) is 12.0. The van der Waals surface area contributed by atoms with Crippen molar-refractivity contribution < 1.29 is 9.52 Å². The van der Waals surface area contributed by atoms with E-state index < -0.39 is 0 Å². The first kappa shape index (κ1) is 22.4. The molecule has 7 nitrogen and oxygen atoms in total. The highest BCUT2D eigenvalue weighted by molar-refractivity contribution is 6.32. The minimum atomic E-state index is 0.177. The van der Waals surface area contributed by atoms with Gasteiger partial charge in [-0.1, -0.05) is 32.4 Å². The lowest BCUT2D eigenvalue weighted by atomic mass is 9.92. The fourth-order valence-corrected chi connectivity index (χ4v) is 5.12. The van der Waals surface area contributed by atoms with Crippen LogP contribution in [0.3, 0.4) is 0 Å². The molecule has 5 rings (SSSR count). The molecule has 3 N–H and O–H groups in total. The van der Waals surface area contributed by atoms with Gasteiger partial charge in [-0.25, -0.2) is 4.98 Å². The van der Waals surface area contributed by atoms with Gasteiger partial charge in [-0.15, -0.1) is 0 Å². The van der Waals surface area contributed by atoms with Crippen LogP contribution >= 0.6 is 11.6 Å². The molecule has 0 aromatic carbocycles. The highest BCUT2D eigenvalue weighted by Crippen LogP contribution is 2.42. The number of fused-ring (bicyclic) bond motifs is 1. The van der Waals surface area contributed by atoms with E-state index in [-0.39, 0.29) is 18.6 Å². The average Bonchev–Trinajstić information content (AvgIpc) is 3.49. The molecule has 176 valence electrons. The van der Waals surface area contributed by atoms with Gasteiger partial charge in [-0.2, -0.15) is 4.98 Å². The lowest BCUT2D eigenvalue weighted by Crippen LogP contribution is -2.25. The zero-order valence-electron chi connectivity index (χ0n) is 19.4. The quantitative estimate of drug-likeness (QED) is 0.380. The molecule has 2 aliphatic rings. The molecule has 0 unspecified atom stereocenters. The first-order chi connectivity index (χ1) is 16.0. The summed E-state index contributed by atoms with van der Waals surface area (Å²) in [5, 5.41) is 18.1. The Balaban J connectivity index is 1.53. The zero-order chi connectivity index (χ0) is 23.1. The summed E-state index contributed by atoms with van der Waals surface area (Å²) >= 11 is 6.75. The lowest BCUT2D eigenvalue weighted by molar-refractivity contribution is 0.191. The van der Waals surface area contributed by atoms with Crippen molar-refractivity contribution in [3.8, 4) is 11.3 Å². The fraction of sp³-hybridized carbons (Fsp3) is 0.560. The predicted octanol–water partition coefficient (Wildman–Crippen LogP) is 5.39. The molecule has 2 aliphatic carbocycles. The van der Waals surface area contributed by atoms with Gasteiger partial charge in [0.2, 0.25) is 5.95 Å². The van der Waals surface area contributed by atoms with Crippen LogP contribution in [0.1, 0.15) is 45.7 Å². The van der Waals surface area contributed by atoms with Crippen molar-refractivity contribution >= 4 is 34.3 Å². The van der Waals surface area contributed by atoms with E-state index in [1.54, 1.807) is 6.20 Å². The largest absolute Gasteiger partial charge is 0.454 e. The van der Waals surface area contributed by atoms with Crippen LogP contribution in [-0.4, -0.2) is 39.3 Å². The molecule has 3 heterocycles. The number of nitrogens with zero attached hydrogens (tertiary/aromatic N) is 3. The second kappa shape index (κ2) is 9.11. The summed E-state index contributed by atoms with van der Waals surface area (Å²) in [6.07, 6.45) is 6.00. The molecule has 4 atom stereocenters. The van der Waals surface area contributed by atoms with Crippen molar-refractivity contribution in [3.05, 3.63) is 29.2 Å². The van der Waals surface area contributed by atoms with E-state index in [4.69, 9.17) is 21.0 Å². The van der Waals surface area contributed by atoms with Crippen molar-refractivity contribution in [2.24, 2.45) is 23.7 Å². The second-order valence-corrected chi connectivity index (χ2v) is 10.1. The molecule has 2 saturated carbocycles. The van der Waals surface area contributed by atoms with E-state index in [0.717, 1.165) is 30.5 Å². The summed E-state index contributed by atoms with van der Waals surface area (Å²) in [4.78, 5) is 13.8. The van der Waals surface area contributed by atoms with Crippen molar-refractivity contribution in [3.63, 3.8) is 0 Å². The molecule has 8 heteroatoms. The molecule has 2 fully saturated rings. The van der Waals surface area contributed by atoms with Crippen LogP contribution < -0.4 is 10.6 Å². The number of aryl methyl sites for hydroxylation is 1. The predicted molar refractivity (Wildman–Crippen MR) is 132 cm³/mol. The molecule has 0 spiro atoms. The topological polar surface area (TPSA) is 96.1 Å². The normalized spacial score (nSPS) is 25.0. The number of pyridine rings is 1. The Morgan fingerprint density at radius 2 is 2.00 bits per heavy atom. The Labute approximate surface area is 199 Å². The standard InChI is InChI=1S/C25H32ClN5O2/c1-4-18-7-16-9-20(33-21(16)11-27-18)22-23(26)30-25(28-10-15-5-6-15)31-24(22)29-19-8-17(12-32)13(2)14(19)3/h7,9,11,13-15,17,19,32H,4-6,8,10,12H2,1-3H3,(H2,28,29,30,31)/t13-,14+,17+,19+/m0/s1. The van der Waals surface area contributed by atoms with Crippen LogP contribution in [0.5, 0.6) is 0 Å². The van der Waals surface area contributed by atoms with Gasteiger partial charge < -0.3 is 20.2 Å². The maximum atomic E-state index is 9.80. The highest BCUT2D eigenvalue weighted by atomic mass is 35.5. The number of halogens is 1. The van der Waals surface area contributed by atoms with E-state index in [0.29, 0.717) is 51.6 Å². The van der Waals surface area contributed by atoms with Crippen molar-refractivity contribution in [2.75, 3.05) is 23.8 Å². The van der Waals surface area contributed by atoms with Crippen molar-refractivity contribution in [1.82, 2.24) is 15.0 Å². The molecule has 3 aromatic rings. The SMILES string of the molecule is CCc1cc2cc(-c3c(Cl)nc(NCC4CC4)nc3N[C@@H]3C[C@H](CO)[C@@H](C)[C@H]3C)oc2cn1. The van der Waals surface area contributed by atoms with Crippen LogP contribution in [0.25, 0.3) is 22.3 Å². The second-order valence-electron chi connectivity index (χ2n) is 9.71. The van der Waals surface area contributed by atoms with Gasteiger partial charge in [-0.3, -0.25) is 4.98 Å². The summed E-state index contributed by atoms with van der Waals surface area (Å²) in [5.41, 5.74) is 2.39. The fourth-order valence-electron chi connectivity index (χ4n) is 4.86. The third kappa shape index (κ3) is 4.53. The maximum Gasteiger partial charge on any atom is 0.226 e. The average molecular weight is 470 g/mol. The Kier molecular flexibility index (Phi) is 6.18. The Morgan fingerprint density at radius 3 is 2.70 bits per heavy atom. The van der Waals surface area contributed by atoms with Crippen LogP contribution in [-0.2, 0) is 6.42 Å².